The lowest BCUT2D eigenvalue weighted by Gasteiger charge is -2.14. The zero-order valence-electron chi connectivity index (χ0n) is 15.3. The van der Waals surface area contributed by atoms with E-state index < -0.39 is 0 Å². The number of rotatable bonds is 8. The highest BCUT2D eigenvalue weighted by Crippen LogP contribution is 2.21. The van der Waals surface area contributed by atoms with Crippen LogP contribution in [0.3, 0.4) is 0 Å². The summed E-state index contributed by atoms with van der Waals surface area (Å²) < 4.78 is 6.06. The van der Waals surface area contributed by atoms with Crippen molar-refractivity contribution in [2.75, 3.05) is 6.54 Å². The number of para-hydroxylation sites is 1. The van der Waals surface area contributed by atoms with Crippen LogP contribution < -0.4 is 10.1 Å². The first kappa shape index (κ1) is 17.8. The highest BCUT2D eigenvalue weighted by Gasteiger charge is 2.05. The van der Waals surface area contributed by atoms with Gasteiger partial charge in [-0.05, 0) is 57.2 Å². The monoisotopic (exact) mass is 335 g/mol. The lowest BCUT2D eigenvalue weighted by molar-refractivity contribution is 0.302. The van der Waals surface area contributed by atoms with Crippen molar-refractivity contribution in [3.8, 4) is 5.75 Å². The third-order valence-corrected chi connectivity index (χ3v) is 4.81. The van der Waals surface area contributed by atoms with Gasteiger partial charge in [-0.2, -0.15) is 0 Å². The maximum absolute atomic E-state index is 6.06. The van der Waals surface area contributed by atoms with E-state index in [1.807, 2.05) is 6.07 Å². The lowest BCUT2D eigenvalue weighted by atomic mass is 9.97. The van der Waals surface area contributed by atoms with Gasteiger partial charge in [-0.15, -0.1) is 0 Å². The summed E-state index contributed by atoms with van der Waals surface area (Å²) in [5.74, 6) is 0.979. The topological polar surface area (TPSA) is 21.3 Å². The molecule has 0 bridgehead atoms. The Morgan fingerprint density at radius 3 is 2.64 bits per heavy atom. The predicted octanol–water partition coefficient (Wildman–Crippen LogP) is 5.55. The van der Waals surface area contributed by atoms with Gasteiger partial charge in [0.15, 0.2) is 0 Å². The van der Waals surface area contributed by atoms with Crippen LogP contribution in [0, 0.1) is 6.92 Å². The molecule has 0 atom stereocenters. The number of benzene rings is 2. The summed E-state index contributed by atoms with van der Waals surface area (Å²) in [7, 11) is 0. The molecule has 0 unspecified atom stereocenters. The minimum Gasteiger partial charge on any atom is -0.489 e. The van der Waals surface area contributed by atoms with Crippen molar-refractivity contribution in [2.45, 2.75) is 52.2 Å². The highest BCUT2D eigenvalue weighted by atomic mass is 16.5. The second kappa shape index (κ2) is 9.43. The molecule has 3 rings (SSSR count). The first-order chi connectivity index (χ1) is 12.3. The van der Waals surface area contributed by atoms with E-state index in [9.17, 15) is 0 Å². The van der Waals surface area contributed by atoms with Crippen molar-refractivity contribution in [2.24, 2.45) is 0 Å². The van der Waals surface area contributed by atoms with E-state index in [2.05, 4.69) is 60.8 Å². The Kier molecular flexibility index (Phi) is 6.70. The fraction of sp³-hybridized carbons (Fsp3) is 0.391. The molecule has 0 saturated heterocycles. The van der Waals surface area contributed by atoms with Crippen LogP contribution in [0.25, 0.3) is 0 Å². The molecule has 0 aromatic heterocycles. The summed E-state index contributed by atoms with van der Waals surface area (Å²) >= 11 is 0. The smallest absolute Gasteiger partial charge is 0.124 e. The predicted molar refractivity (Wildman–Crippen MR) is 105 cm³/mol. The van der Waals surface area contributed by atoms with Crippen LogP contribution in [0.15, 0.2) is 60.2 Å². The van der Waals surface area contributed by atoms with Crippen molar-refractivity contribution in [1.82, 2.24) is 5.32 Å². The standard InChI is InChI=1S/C23H29NO/c1-19-11-13-21(14-12-19)18-25-23-10-6-5-9-22(23)17-24-16-15-20-7-3-2-4-8-20/h5-7,9-14,24H,2-4,8,15-18H2,1H3. The third kappa shape index (κ3) is 5.75. The zero-order chi connectivity index (χ0) is 17.3. The van der Waals surface area contributed by atoms with Gasteiger partial charge >= 0.3 is 0 Å². The molecule has 0 spiro atoms. The summed E-state index contributed by atoms with van der Waals surface area (Å²) in [5, 5.41) is 3.57. The molecule has 2 aromatic rings. The van der Waals surface area contributed by atoms with E-state index in [4.69, 9.17) is 4.74 Å². The van der Waals surface area contributed by atoms with E-state index in [-0.39, 0.29) is 0 Å². The molecular formula is C23H29NO. The van der Waals surface area contributed by atoms with Crippen LogP contribution in [0.1, 0.15) is 48.8 Å². The van der Waals surface area contributed by atoms with E-state index >= 15 is 0 Å². The molecule has 0 saturated carbocycles. The number of nitrogens with one attached hydrogen (secondary N) is 1. The number of allylic oxidation sites excluding steroid dienone is 1. The second-order valence-electron chi connectivity index (χ2n) is 6.92. The molecule has 25 heavy (non-hydrogen) atoms. The molecule has 132 valence electrons. The second-order valence-corrected chi connectivity index (χ2v) is 6.92. The van der Waals surface area contributed by atoms with E-state index in [1.54, 1.807) is 5.57 Å². The maximum Gasteiger partial charge on any atom is 0.124 e. The fourth-order valence-electron chi connectivity index (χ4n) is 3.24. The van der Waals surface area contributed by atoms with Gasteiger partial charge in [-0.3, -0.25) is 0 Å². The number of aryl methyl sites for hydroxylation is 1. The van der Waals surface area contributed by atoms with Crippen LogP contribution in [0.4, 0.5) is 0 Å². The van der Waals surface area contributed by atoms with Gasteiger partial charge in [0.05, 0.1) is 0 Å². The normalized spacial score (nSPS) is 14.2. The van der Waals surface area contributed by atoms with Gasteiger partial charge in [0.25, 0.3) is 0 Å². The number of hydrogen-bond acceptors (Lipinski definition) is 2. The van der Waals surface area contributed by atoms with E-state index in [1.165, 1.54) is 48.8 Å². The van der Waals surface area contributed by atoms with Crippen LogP contribution in [0.2, 0.25) is 0 Å². The average Bonchev–Trinajstić information content (AvgIpc) is 2.66. The Labute approximate surface area is 151 Å². The largest absolute Gasteiger partial charge is 0.489 e. The lowest BCUT2D eigenvalue weighted by Crippen LogP contribution is -2.16. The van der Waals surface area contributed by atoms with Gasteiger partial charge in [0, 0.05) is 12.1 Å². The first-order valence-electron chi connectivity index (χ1n) is 9.46. The van der Waals surface area contributed by atoms with Crippen molar-refractivity contribution >= 4 is 0 Å². The van der Waals surface area contributed by atoms with Crippen LogP contribution >= 0.6 is 0 Å². The molecule has 2 heteroatoms. The molecule has 1 aliphatic rings. The van der Waals surface area contributed by atoms with Crippen molar-refractivity contribution in [1.29, 1.82) is 0 Å². The molecule has 1 aliphatic carbocycles. The van der Waals surface area contributed by atoms with Crippen LogP contribution in [-0.2, 0) is 13.2 Å². The molecule has 1 N–H and O–H groups in total. The maximum atomic E-state index is 6.06. The van der Waals surface area contributed by atoms with Crippen molar-refractivity contribution < 1.29 is 4.74 Å². The Morgan fingerprint density at radius 2 is 1.84 bits per heavy atom. The van der Waals surface area contributed by atoms with Gasteiger partial charge in [0.1, 0.15) is 12.4 Å². The number of ether oxygens (including phenoxy) is 1. The third-order valence-electron chi connectivity index (χ3n) is 4.81. The fourth-order valence-corrected chi connectivity index (χ4v) is 3.24. The van der Waals surface area contributed by atoms with Crippen molar-refractivity contribution in [3.05, 3.63) is 76.9 Å². The summed E-state index contributed by atoms with van der Waals surface area (Å²) in [5.41, 5.74) is 5.34. The molecule has 0 amide bonds. The summed E-state index contributed by atoms with van der Waals surface area (Å²) in [4.78, 5) is 0. The molecule has 0 aliphatic heterocycles. The molecule has 0 radical (unpaired) electrons. The van der Waals surface area contributed by atoms with Crippen molar-refractivity contribution in [3.63, 3.8) is 0 Å². The van der Waals surface area contributed by atoms with Gasteiger partial charge < -0.3 is 10.1 Å². The van der Waals surface area contributed by atoms with E-state index in [0.29, 0.717) is 6.61 Å². The summed E-state index contributed by atoms with van der Waals surface area (Å²) in [6.45, 7) is 4.62. The zero-order valence-corrected chi connectivity index (χ0v) is 15.3. The Balaban J connectivity index is 1.48. The quantitative estimate of drug-likeness (QED) is 0.504. The SMILES string of the molecule is Cc1ccc(COc2ccccc2CNCCC2=CCCCC2)cc1. The molecule has 0 fully saturated rings. The average molecular weight is 335 g/mol. The molecule has 2 aromatic carbocycles. The van der Waals surface area contributed by atoms with E-state index in [0.717, 1.165) is 18.8 Å². The molecular weight excluding hydrogens is 306 g/mol. The Bertz CT molecular complexity index is 687. The Hall–Kier alpha value is -2.06. The van der Waals surface area contributed by atoms with Crippen LogP contribution in [0.5, 0.6) is 5.75 Å². The minimum absolute atomic E-state index is 0.615. The number of hydrogen-bond donors (Lipinski definition) is 1. The summed E-state index contributed by atoms with van der Waals surface area (Å²) in [6.07, 6.45) is 8.89. The first-order valence-corrected chi connectivity index (χ1v) is 9.46. The summed E-state index contributed by atoms with van der Waals surface area (Å²) in [6, 6.07) is 16.9. The molecule has 2 nitrogen and oxygen atoms in total. The Morgan fingerprint density at radius 1 is 1.00 bits per heavy atom. The van der Waals surface area contributed by atoms with Gasteiger partial charge in [-0.25, -0.2) is 0 Å². The van der Waals surface area contributed by atoms with Gasteiger partial charge in [-0.1, -0.05) is 59.7 Å². The van der Waals surface area contributed by atoms with Crippen LogP contribution in [-0.4, -0.2) is 6.54 Å². The molecule has 0 heterocycles. The highest BCUT2D eigenvalue weighted by molar-refractivity contribution is 5.33. The minimum atomic E-state index is 0.615. The van der Waals surface area contributed by atoms with Gasteiger partial charge in [0.2, 0.25) is 0 Å².